The third-order valence-electron chi connectivity index (χ3n) is 2.12. The molecule has 3 nitrogen and oxygen atoms in total. The number of rotatable bonds is 2. The summed E-state index contributed by atoms with van der Waals surface area (Å²) in [4.78, 5) is 14.9. The van der Waals surface area contributed by atoms with Crippen molar-refractivity contribution in [2.75, 3.05) is 0 Å². The van der Waals surface area contributed by atoms with Crippen molar-refractivity contribution in [1.29, 1.82) is 0 Å². The minimum atomic E-state index is -0.469. The Morgan fingerprint density at radius 1 is 1.44 bits per heavy atom. The maximum Gasteiger partial charge on any atom is 0.347 e. The van der Waals surface area contributed by atoms with Gasteiger partial charge in [-0.1, -0.05) is 17.7 Å². The first-order valence-electron chi connectivity index (χ1n) is 4.62. The molecule has 0 aliphatic carbocycles. The lowest BCUT2D eigenvalue weighted by molar-refractivity contribution is 0.626. The summed E-state index contributed by atoms with van der Waals surface area (Å²) in [6, 6.07) is 6.02. The number of aromatic nitrogens is 2. The van der Waals surface area contributed by atoms with Crippen LogP contribution in [0.5, 0.6) is 0 Å². The molecule has 0 unspecified atom stereocenters. The van der Waals surface area contributed by atoms with E-state index in [1.54, 1.807) is 18.3 Å². The molecule has 0 aliphatic heterocycles. The summed E-state index contributed by atoms with van der Waals surface area (Å²) in [6.45, 7) is 0.326. The highest BCUT2D eigenvalue weighted by molar-refractivity contribution is 6.30. The fraction of sp³-hybridized carbons (Fsp3) is 0.0909. The summed E-state index contributed by atoms with van der Waals surface area (Å²) in [5.74, 6) is -0.469. The summed E-state index contributed by atoms with van der Waals surface area (Å²) in [7, 11) is 0. The quantitative estimate of drug-likeness (QED) is 0.803. The molecule has 1 aromatic heterocycles. The number of hydrogen-bond acceptors (Lipinski definition) is 2. The van der Waals surface area contributed by atoms with Crippen molar-refractivity contribution in [2.45, 2.75) is 6.54 Å². The average Bonchev–Trinajstić information content (AvgIpc) is 2.27. The van der Waals surface area contributed by atoms with E-state index >= 15 is 0 Å². The molecule has 0 saturated heterocycles. The van der Waals surface area contributed by atoms with Crippen LogP contribution in [0, 0.1) is 5.82 Å². The maximum absolute atomic E-state index is 12.9. The van der Waals surface area contributed by atoms with Gasteiger partial charge in [0.1, 0.15) is 5.82 Å². The maximum atomic E-state index is 12.9. The topological polar surface area (TPSA) is 34.9 Å². The minimum absolute atomic E-state index is 0.0504. The Morgan fingerprint density at radius 2 is 2.25 bits per heavy atom. The molecule has 0 spiro atoms. The molecule has 0 saturated carbocycles. The van der Waals surface area contributed by atoms with Gasteiger partial charge in [0.25, 0.3) is 0 Å². The second-order valence-corrected chi connectivity index (χ2v) is 3.69. The lowest BCUT2D eigenvalue weighted by Crippen LogP contribution is -2.21. The van der Waals surface area contributed by atoms with Gasteiger partial charge in [0.05, 0.1) is 11.6 Å². The highest BCUT2D eigenvalue weighted by Gasteiger charge is 2.02. The molecule has 16 heavy (non-hydrogen) atoms. The predicted octanol–water partition coefficient (Wildman–Crippen LogP) is 2.08. The molecule has 0 atom stereocenters. The van der Waals surface area contributed by atoms with E-state index in [1.165, 1.54) is 22.9 Å². The third kappa shape index (κ3) is 2.28. The molecular weight excluding hydrogens is 231 g/mol. The zero-order chi connectivity index (χ0) is 11.5. The van der Waals surface area contributed by atoms with Gasteiger partial charge in [-0.25, -0.2) is 14.2 Å². The van der Waals surface area contributed by atoms with Crippen LogP contribution in [0.15, 0.2) is 41.5 Å². The Bertz CT molecular complexity index is 568. The van der Waals surface area contributed by atoms with E-state index in [0.717, 1.165) is 5.56 Å². The molecule has 2 aromatic rings. The van der Waals surface area contributed by atoms with E-state index in [4.69, 9.17) is 11.6 Å². The van der Waals surface area contributed by atoms with Gasteiger partial charge >= 0.3 is 5.69 Å². The van der Waals surface area contributed by atoms with E-state index < -0.39 is 5.82 Å². The van der Waals surface area contributed by atoms with Crippen molar-refractivity contribution >= 4 is 11.6 Å². The van der Waals surface area contributed by atoms with Crippen LogP contribution < -0.4 is 5.69 Å². The van der Waals surface area contributed by atoms with Gasteiger partial charge in [-0.05, 0) is 23.8 Å². The summed E-state index contributed by atoms with van der Waals surface area (Å²) in [5.41, 5.74) is 0.407. The van der Waals surface area contributed by atoms with E-state index in [2.05, 4.69) is 4.98 Å². The molecule has 0 radical (unpaired) electrons. The van der Waals surface area contributed by atoms with Crippen molar-refractivity contribution in [3.05, 3.63) is 63.5 Å². The SMILES string of the molecule is O=c1ncccn1Cc1ccc(F)c(Cl)c1. The average molecular weight is 239 g/mol. The minimum Gasteiger partial charge on any atom is -0.295 e. The van der Waals surface area contributed by atoms with Crippen LogP contribution in [0.4, 0.5) is 4.39 Å². The Hall–Kier alpha value is -1.68. The second kappa shape index (κ2) is 4.45. The van der Waals surface area contributed by atoms with Gasteiger partial charge in [-0.15, -0.1) is 0 Å². The van der Waals surface area contributed by atoms with Crippen LogP contribution in [0.2, 0.25) is 5.02 Å². The van der Waals surface area contributed by atoms with Crippen LogP contribution in [0.1, 0.15) is 5.56 Å². The predicted molar refractivity (Wildman–Crippen MR) is 59.0 cm³/mol. The monoisotopic (exact) mass is 238 g/mol. The normalized spacial score (nSPS) is 10.4. The van der Waals surface area contributed by atoms with E-state index in [-0.39, 0.29) is 10.7 Å². The third-order valence-corrected chi connectivity index (χ3v) is 2.41. The lowest BCUT2D eigenvalue weighted by atomic mass is 10.2. The van der Waals surface area contributed by atoms with Gasteiger partial charge in [-0.3, -0.25) is 4.57 Å². The molecule has 1 heterocycles. The first-order chi connectivity index (χ1) is 7.66. The molecular formula is C11H8ClFN2O. The van der Waals surface area contributed by atoms with Crippen molar-refractivity contribution < 1.29 is 4.39 Å². The van der Waals surface area contributed by atoms with Crippen LogP contribution in [0.25, 0.3) is 0 Å². The largest absolute Gasteiger partial charge is 0.347 e. The lowest BCUT2D eigenvalue weighted by Gasteiger charge is -2.05. The summed E-state index contributed by atoms with van der Waals surface area (Å²) >= 11 is 5.64. The highest BCUT2D eigenvalue weighted by Crippen LogP contribution is 2.16. The van der Waals surface area contributed by atoms with Gasteiger partial charge in [0.15, 0.2) is 0 Å². The summed E-state index contributed by atoms with van der Waals surface area (Å²) in [5, 5.41) is 0.0504. The molecule has 0 amide bonds. The smallest absolute Gasteiger partial charge is 0.295 e. The number of benzene rings is 1. The van der Waals surface area contributed by atoms with Crippen LogP contribution in [-0.4, -0.2) is 9.55 Å². The zero-order valence-electron chi connectivity index (χ0n) is 8.23. The van der Waals surface area contributed by atoms with Gasteiger partial charge in [0, 0.05) is 12.4 Å². The zero-order valence-corrected chi connectivity index (χ0v) is 8.99. The molecule has 5 heteroatoms. The van der Waals surface area contributed by atoms with Crippen molar-refractivity contribution in [3.63, 3.8) is 0 Å². The van der Waals surface area contributed by atoms with E-state index in [1.807, 2.05) is 0 Å². The Morgan fingerprint density at radius 3 is 2.94 bits per heavy atom. The Labute approximate surface area is 96.1 Å². The number of nitrogens with zero attached hydrogens (tertiary/aromatic N) is 2. The second-order valence-electron chi connectivity index (χ2n) is 3.28. The fourth-order valence-electron chi connectivity index (χ4n) is 1.34. The molecule has 0 bridgehead atoms. The van der Waals surface area contributed by atoms with Crippen LogP contribution in [0.3, 0.4) is 0 Å². The van der Waals surface area contributed by atoms with Crippen molar-refractivity contribution in [1.82, 2.24) is 9.55 Å². The summed E-state index contributed by atoms with van der Waals surface area (Å²) < 4.78 is 14.3. The molecule has 0 aliphatic rings. The van der Waals surface area contributed by atoms with Gasteiger partial charge < -0.3 is 0 Å². The van der Waals surface area contributed by atoms with Crippen LogP contribution in [-0.2, 0) is 6.54 Å². The Kier molecular flexibility index (Phi) is 3.01. The highest BCUT2D eigenvalue weighted by atomic mass is 35.5. The van der Waals surface area contributed by atoms with Crippen LogP contribution >= 0.6 is 11.6 Å². The molecule has 82 valence electrons. The molecule has 0 N–H and O–H groups in total. The number of halogens is 2. The Balaban J connectivity index is 2.31. The van der Waals surface area contributed by atoms with Crippen molar-refractivity contribution in [3.8, 4) is 0 Å². The van der Waals surface area contributed by atoms with Crippen molar-refractivity contribution in [2.24, 2.45) is 0 Å². The van der Waals surface area contributed by atoms with E-state index in [0.29, 0.717) is 6.54 Å². The van der Waals surface area contributed by atoms with Gasteiger partial charge in [0.2, 0.25) is 0 Å². The van der Waals surface area contributed by atoms with E-state index in [9.17, 15) is 9.18 Å². The fourth-order valence-corrected chi connectivity index (χ4v) is 1.55. The molecule has 1 aromatic carbocycles. The first-order valence-corrected chi connectivity index (χ1v) is 5.00. The molecule has 0 fully saturated rings. The van der Waals surface area contributed by atoms with Gasteiger partial charge in [-0.2, -0.15) is 0 Å². The molecule has 2 rings (SSSR count). The standard InChI is InChI=1S/C11H8ClFN2O/c12-9-6-8(2-3-10(9)13)7-15-5-1-4-14-11(15)16/h1-6H,7H2. The summed E-state index contributed by atoms with van der Waals surface area (Å²) in [6.07, 6.45) is 3.04. The number of hydrogen-bond donors (Lipinski definition) is 0. The first kappa shape index (κ1) is 10.8.